The minimum absolute atomic E-state index is 0.195. The molecular weight excluding hydrogens is 214 g/mol. The number of Topliss-reactive ketones (excluding diaryl/α,β-unsaturated/α-hetero) is 1. The van der Waals surface area contributed by atoms with E-state index in [9.17, 15) is 9.18 Å². The summed E-state index contributed by atoms with van der Waals surface area (Å²) >= 11 is 11.1. The molecule has 0 bridgehead atoms. The number of ketones is 1. The van der Waals surface area contributed by atoms with E-state index in [-0.39, 0.29) is 16.4 Å². The molecule has 1 nitrogen and oxygen atoms in total. The average molecular weight is 221 g/mol. The molecule has 0 saturated heterocycles. The number of alkyl halides is 1. The highest BCUT2D eigenvalue weighted by Gasteiger charge is 2.13. The highest BCUT2D eigenvalue weighted by atomic mass is 35.5. The van der Waals surface area contributed by atoms with Crippen molar-refractivity contribution in [3.8, 4) is 0 Å². The van der Waals surface area contributed by atoms with Gasteiger partial charge in [0.15, 0.2) is 5.78 Å². The Morgan fingerprint density at radius 2 is 2.08 bits per heavy atom. The van der Waals surface area contributed by atoms with Gasteiger partial charge in [0.25, 0.3) is 0 Å². The Morgan fingerprint density at radius 1 is 1.46 bits per heavy atom. The number of hydrogen-bond donors (Lipinski definition) is 0. The molecule has 0 saturated carbocycles. The van der Waals surface area contributed by atoms with Crippen LogP contribution in [0.25, 0.3) is 0 Å². The third-order valence-corrected chi connectivity index (χ3v) is 1.92. The summed E-state index contributed by atoms with van der Waals surface area (Å²) in [5.74, 6) is -0.865. The van der Waals surface area contributed by atoms with Gasteiger partial charge >= 0.3 is 0 Å². The third-order valence-electron chi connectivity index (χ3n) is 1.51. The van der Waals surface area contributed by atoms with E-state index in [0.717, 1.165) is 12.1 Å². The Hall–Kier alpha value is -0.600. The van der Waals surface area contributed by atoms with Gasteiger partial charge in [-0.1, -0.05) is 11.6 Å². The maximum atomic E-state index is 12.8. The summed E-state index contributed by atoms with van der Waals surface area (Å²) in [4.78, 5) is 11.3. The summed E-state index contributed by atoms with van der Waals surface area (Å²) in [7, 11) is 0. The Kier molecular flexibility index (Phi) is 3.28. The van der Waals surface area contributed by atoms with Gasteiger partial charge in [0, 0.05) is 10.6 Å². The standard InChI is InChI=1S/C9H7Cl2FO/c1-5(10)9(13)6-2-7(11)4-8(12)3-6/h2-5H,1H3. The van der Waals surface area contributed by atoms with E-state index in [1.54, 1.807) is 0 Å². The van der Waals surface area contributed by atoms with Gasteiger partial charge in [-0.05, 0) is 25.1 Å². The first-order valence-electron chi connectivity index (χ1n) is 3.65. The first kappa shape index (κ1) is 10.5. The molecule has 0 aliphatic rings. The van der Waals surface area contributed by atoms with Gasteiger partial charge in [-0.25, -0.2) is 4.39 Å². The summed E-state index contributed by atoms with van der Waals surface area (Å²) in [6.07, 6.45) is 0. The smallest absolute Gasteiger partial charge is 0.180 e. The first-order valence-corrected chi connectivity index (χ1v) is 4.46. The molecule has 0 aromatic heterocycles. The lowest BCUT2D eigenvalue weighted by atomic mass is 10.1. The zero-order chi connectivity index (χ0) is 10.0. The molecule has 1 atom stereocenters. The van der Waals surface area contributed by atoms with Crippen molar-refractivity contribution < 1.29 is 9.18 Å². The third kappa shape index (κ3) is 2.68. The lowest BCUT2D eigenvalue weighted by Gasteiger charge is -2.02. The van der Waals surface area contributed by atoms with E-state index in [0.29, 0.717) is 0 Å². The minimum atomic E-state index is -0.669. The fourth-order valence-electron chi connectivity index (χ4n) is 0.926. The lowest BCUT2D eigenvalue weighted by Crippen LogP contribution is -2.10. The zero-order valence-corrected chi connectivity index (χ0v) is 8.36. The molecule has 4 heteroatoms. The van der Waals surface area contributed by atoms with Crippen molar-refractivity contribution in [2.24, 2.45) is 0 Å². The second-order valence-electron chi connectivity index (χ2n) is 2.64. The van der Waals surface area contributed by atoms with E-state index in [4.69, 9.17) is 23.2 Å². The molecule has 1 unspecified atom stereocenters. The molecule has 13 heavy (non-hydrogen) atoms. The van der Waals surface area contributed by atoms with Gasteiger partial charge in [0.1, 0.15) is 5.82 Å². The van der Waals surface area contributed by atoms with Crippen LogP contribution in [0.5, 0.6) is 0 Å². The Balaban J connectivity index is 3.08. The van der Waals surface area contributed by atoms with Crippen LogP contribution in [-0.4, -0.2) is 11.2 Å². The van der Waals surface area contributed by atoms with Gasteiger partial charge in [-0.15, -0.1) is 11.6 Å². The molecule has 0 aliphatic carbocycles. The molecule has 0 amide bonds. The minimum Gasteiger partial charge on any atom is -0.293 e. The van der Waals surface area contributed by atoms with Crippen LogP contribution in [-0.2, 0) is 0 Å². The molecule has 1 rings (SSSR count). The molecular formula is C9H7Cl2FO. The van der Waals surface area contributed by atoms with Crippen LogP contribution < -0.4 is 0 Å². The average Bonchev–Trinajstić information content (AvgIpc) is 2.01. The molecule has 70 valence electrons. The van der Waals surface area contributed by atoms with E-state index < -0.39 is 11.2 Å². The topological polar surface area (TPSA) is 17.1 Å². The lowest BCUT2D eigenvalue weighted by molar-refractivity contribution is 0.0991. The number of carbonyl (C=O) groups excluding carboxylic acids is 1. The van der Waals surface area contributed by atoms with Crippen LogP contribution in [0.3, 0.4) is 0 Å². The van der Waals surface area contributed by atoms with Crippen molar-refractivity contribution >= 4 is 29.0 Å². The van der Waals surface area contributed by atoms with Crippen LogP contribution in [0.4, 0.5) is 4.39 Å². The summed E-state index contributed by atoms with van der Waals surface area (Å²) in [5, 5.41) is -0.474. The predicted molar refractivity (Wildman–Crippen MR) is 51.1 cm³/mol. The monoisotopic (exact) mass is 220 g/mol. The Bertz CT molecular complexity index is 316. The van der Waals surface area contributed by atoms with Crippen LogP contribution in [0.2, 0.25) is 5.02 Å². The molecule has 0 radical (unpaired) electrons. The number of rotatable bonds is 2. The molecule has 0 heterocycles. The summed E-state index contributed by atoms with van der Waals surface area (Å²) in [6, 6.07) is 3.65. The highest BCUT2D eigenvalue weighted by molar-refractivity contribution is 6.34. The maximum absolute atomic E-state index is 12.8. The fraction of sp³-hybridized carbons (Fsp3) is 0.222. The molecule has 0 fully saturated rings. The number of benzene rings is 1. The van der Waals surface area contributed by atoms with Crippen molar-refractivity contribution in [3.63, 3.8) is 0 Å². The van der Waals surface area contributed by atoms with E-state index in [1.165, 1.54) is 13.0 Å². The van der Waals surface area contributed by atoms with Crippen LogP contribution >= 0.6 is 23.2 Å². The zero-order valence-electron chi connectivity index (χ0n) is 6.85. The quantitative estimate of drug-likeness (QED) is 0.553. The Morgan fingerprint density at radius 3 is 2.54 bits per heavy atom. The number of halogens is 3. The van der Waals surface area contributed by atoms with Gasteiger partial charge < -0.3 is 0 Å². The normalized spacial score (nSPS) is 12.6. The van der Waals surface area contributed by atoms with Crippen molar-refractivity contribution in [2.45, 2.75) is 12.3 Å². The van der Waals surface area contributed by atoms with Gasteiger partial charge in [-0.3, -0.25) is 4.79 Å². The molecule has 1 aromatic rings. The van der Waals surface area contributed by atoms with Crippen molar-refractivity contribution in [1.29, 1.82) is 0 Å². The first-order chi connectivity index (χ1) is 6.00. The maximum Gasteiger partial charge on any atom is 0.180 e. The van der Waals surface area contributed by atoms with E-state index in [2.05, 4.69) is 0 Å². The highest BCUT2D eigenvalue weighted by Crippen LogP contribution is 2.16. The number of carbonyl (C=O) groups is 1. The van der Waals surface area contributed by atoms with Crippen LogP contribution in [0.1, 0.15) is 17.3 Å². The van der Waals surface area contributed by atoms with Crippen LogP contribution in [0, 0.1) is 5.82 Å². The van der Waals surface area contributed by atoms with Crippen molar-refractivity contribution in [1.82, 2.24) is 0 Å². The van der Waals surface area contributed by atoms with Gasteiger partial charge in [-0.2, -0.15) is 0 Å². The van der Waals surface area contributed by atoms with Gasteiger partial charge in [0.2, 0.25) is 0 Å². The van der Waals surface area contributed by atoms with Crippen molar-refractivity contribution in [3.05, 3.63) is 34.6 Å². The number of hydrogen-bond acceptors (Lipinski definition) is 1. The summed E-state index contributed by atoms with van der Waals surface area (Å²) < 4.78 is 12.8. The van der Waals surface area contributed by atoms with Crippen molar-refractivity contribution in [2.75, 3.05) is 0 Å². The summed E-state index contributed by atoms with van der Waals surface area (Å²) in [6.45, 7) is 1.53. The fourth-order valence-corrected chi connectivity index (χ4v) is 1.27. The second-order valence-corrected chi connectivity index (χ2v) is 3.73. The molecule has 0 N–H and O–H groups in total. The van der Waals surface area contributed by atoms with Gasteiger partial charge in [0.05, 0.1) is 5.38 Å². The van der Waals surface area contributed by atoms with E-state index >= 15 is 0 Å². The second kappa shape index (κ2) is 4.07. The SMILES string of the molecule is CC(Cl)C(=O)c1cc(F)cc(Cl)c1. The molecule has 0 aliphatic heterocycles. The van der Waals surface area contributed by atoms with E-state index in [1.807, 2.05) is 0 Å². The summed E-state index contributed by atoms with van der Waals surface area (Å²) in [5.41, 5.74) is 0.201. The molecule has 0 spiro atoms. The largest absolute Gasteiger partial charge is 0.293 e. The predicted octanol–water partition coefficient (Wildman–Crippen LogP) is 3.29. The van der Waals surface area contributed by atoms with Crippen LogP contribution in [0.15, 0.2) is 18.2 Å². The Labute approximate surface area is 85.5 Å². The molecule has 1 aromatic carbocycles.